The van der Waals surface area contributed by atoms with E-state index in [1.165, 1.54) is 6.92 Å². The van der Waals surface area contributed by atoms with Crippen molar-refractivity contribution in [1.82, 2.24) is 0 Å². The van der Waals surface area contributed by atoms with E-state index in [0.29, 0.717) is 0 Å². The first-order chi connectivity index (χ1) is 12.3. The van der Waals surface area contributed by atoms with Crippen LogP contribution in [0.3, 0.4) is 0 Å². The van der Waals surface area contributed by atoms with Crippen LogP contribution >= 0.6 is 0 Å². The second kappa shape index (κ2) is 8.65. The number of carbonyl (C=O) groups excluding carboxylic acids is 2. The zero-order valence-corrected chi connectivity index (χ0v) is 16.3. The summed E-state index contributed by atoms with van der Waals surface area (Å²) in [6.07, 6.45) is 0.837. The molecule has 0 saturated carbocycles. The topological polar surface area (TPSA) is 49.4 Å². The van der Waals surface area contributed by atoms with Crippen LogP contribution in [-0.4, -0.2) is 18.4 Å². The van der Waals surface area contributed by atoms with E-state index in [4.69, 9.17) is 0 Å². The van der Waals surface area contributed by atoms with E-state index in [9.17, 15) is 9.59 Å². The van der Waals surface area contributed by atoms with Crippen LogP contribution in [-0.2, 0) is 16.0 Å². The quantitative estimate of drug-likeness (QED) is 0.821. The van der Waals surface area contributed by atoms with E-state index in [1.807, 2.05) is 49.4 Å². The lowest BCUT2D eigenvalue weighted by Crippen LogP contribution is -2.37. The number of anilines is 2. The Bertz CT molecular complexity index is 796. The zero-order valence-electron chi connectivity index (χ0n) is 16.3. The molecule has 4 nitrogen and oxygen atoms in total. The van der Waals surface area contributed by atoms with Gasteiger partial charge in [0.25, 0.3) is 0 Å². The zero-order chi connectivity index (χ0) is 19.3. The van der Waals surface area contributed by atoms with Gasteiger partial charge in [-0.3, -0.25) is 9.59 Å². The minimum Gasteiger partial charge on any atom is -0.324 e. The van der Waals surface area contributed by atoms with Crippen molar-refractivity contribution in [1.29, 1.82) is 0 Å². The average molecular weight is 352 g/mol. The number of carbonyl (C=O) groups is 2. The smallest absolute Gasteiger partial charge is 0.244 e. The molecule has 4 heteroatoms. The highest BCUT2D eigenvalue weighted by Gasteiger charge is 2.20. The molecule has 0 fully saturated rings. The summed E-state index contributed by atoms with van der Waals surface area (Å²) in [5.41, 5.74) is 4.82. The van der Waals surface area contributed by atoms with Crippen LogP contribution in [0.15, 0.2) is 42.5 Å². The summed E-state index contributed by atoms with van der Waals surface area (Å²) in [4.78, 5) is 26.5. The third-order valence-corrected chi connectivity index (χ3v) is 4.54. The molecule has 0 aliphatic heterocycles. The monoisotopic (exact) mass is 352 g/mol. The van der Waals surface area contributed by atoms with Crippen LogP contribution in [0.4, 0.5) is 11.4 Å². The van der Waals surface area contributed by atoms with E-state index in [-0.39, 0.29) is 24.3 Å². The number of aryl methyl sites for hydroxylation is 2. The molecule has 0 atom stereocenters. The maximum absolute atomic E-state index is 12.7. The van der Waals surface area contributed by atoms with Crippen molar-refractivity contribution < 1.29 is 9.59 Å². The van der Waals surface area contributed by atoms with E-state index in [2.05, 4.69) is 26.1 Å². The summed E-state index contributed by atoms with van der Waals surface area (Å²) in [6, 6.07) is 13.7. The largest absolute Gasteiger partial charge is 0.324 e. The maximum atomic E-state index is 12.7. The van der Waals surface area contributed by atoms with Crippen molar-refractivity contribution >= 4 is 23.2 Å². The lowest BCUT2D eigenvalue weighted by Gasteiger charge is -2.25. The predicted molar refractivity (Wildman–Crippen MR) is 108 cm³/mol. The van der Waals surface area contributed by atoms with Gasteiger partial charge in [0.2, 0.25) is 11.8 Å². The molecule has 0 bridgehead atoms. The van der Waals surface area contributed by atoms with Crippen molar-refractivity contribution in [3.05, 3.63) is 59.2 Å². The molecule has 0 radical (unpaired) electrons. The molecule has 0 heterocycles. The molecular formula is C22H28N2O2. The fourth-order valence-electron chi connectivity index (χ4n) is 3.11. The van der Waals surface area contributed by atoms with Gasteiger partial charge in [-0.1, -0.05) is 57.2 Å². The number of nitrogens with zero attached hydrogens (tertiary/aromatic N) is 1. The number of para-hydroxylation sites is 2. The van der Waals surface area contributed by atoms with E-state index < -0.39 is 0 Å². The fraction of sp³-hybridized carbons (Fsp3) is 0.364. The minimum absolute atomic E-state index is 0.00342. The van der Waals surface area contributed by atoms with E-state index in [0.717, 1.165) is 34.5 Å². The normalized spacial score (nSPS) is 10.7. The van der Waals surface area contributed by atoms with Crippen LogP contribution in [0.5, 0.6) is 0 Å². The van der Waals surface area contributed by atoms with Gasteiger partial charge >= 0.3 is 0 Å². The van der Waals surface area contributed by atoms with Gasteiger partial charge in [0.1, 0.15) is 6.54 Å². The molecule has 0 spiro atoms. The second-order valence-corrected chi connectivity index (χ2v) is 6.83. The highest BCUT2D eigenvalue weighted by atomic mass is 16.2. The molecule has 2 amide bonds. The molecule has 0 aliphatic carbocycles. The third kappa shape index (κ3) is 4.51. The number of hydrogen-bond acceptors (Lipinski definition) is 2. The first-order valence-electron chi connectivity index (χ1n) is 9.10. The molecule has 2 rings (SSSR count). The first kappa shape index (κ1) is 19.7. The Kier molecular flexibility index (Phi) is 6.56. The SMILES string of the molecule is CCc1cccc(C)c1NC(=O)CN(C(C)=O)c1ccccc1C(C)C. The highest BCUT2D eigenvalue weighted by Crippen LogP contribution is 2.28. The Morgan fingerprint density at radius 2 is 1.77 bits per heavy atom. The fourth-order valence-corrected chi connectivity index (χ4v) is 3.11. The summed E-state index contributed by atoms with van der Waals surface area (Å²) >= 11 is 0. The summed E-state index contributed by atoms with van der Waals surface area (Å²) in [6.45, 7) is 9.69. The molecule has 0 saturated heterocycles. The van der Waals surface area contributed by atoms with Gasteiger partial charge < -0.3 is 10.2 Å². The van der Waals surface area contributed by atoms with Crippen LogP contribution in [0.25, 0.3) is 0 Å². The second-order valence-electron chi connectivity index (χ2n) is 6.83. The van der Waals surface area contributed by atoms with Crippen molar-refractivity contribution in [2.24, 2.45) is 0 Å². The Morgan fingerprint density at radius 1 is 1.08 bits per heavy atom. The number of hydrogen-bond donors (Lipinski definition) is 1. The Hall–Kier alpha value is -2.62. The first-order valence-corrected chi connectivity index (χ1v) is 9.10. The Balaban J connectivity index is 2.27. The molecular weight excluding hydrogens is 324 g/mol. The summed E-state index contributed by atoms with van der Waals surface area (Å²) in [5.74, 6) is -0.0734. The molecule has 2 aromatic carbocycles. The Labute approximate surface area is 156 Å². The number of benzene rings is 2. The van der Waals surface area contributed by atoms with Gasteiger partial charge in [0.05, 0.1) is 0 Å². The lowest BCUT2D eigenvalue weighted by molar-refractivity contribution is -0.120. The molecule has 2 aromatic rings. The number of nitrogens with one attached hydrogen (secondary N) is 1. The van der Waals surface area contributed by atoms with Crippen LogP contribution in [0.2, 0.25) is 0 Å². The van der Waals surface area contributed by atoms with Gasteiger partial charge in [-0.2, -0.15) is 0 Å². The molecule has 0 unspecified atom stereocenters. The van der Waals surface area contributed by atoms with E-state index in [1.54, 1.807) is 4.90 Å². The van der Waals surface area contributed by atoms with E-state index >= 15 is 0 Å². The van der Waals surface area contributed by atoms with Gasteiger partial charge in [-0.15, -0.1) is 0 Å². The van der Waals surface area contributed by atoms with Crippen molar-refractivity contribution in [2.45, 2.75) is 47.0 Å². The standard InChI is InChI=1S/C22H28N2O2/c1-6-18-11-9-10-16(4)22(18)23-21(26)14-24(17(5)25)20-13-8-7-12-19(20)15(2)3/h7-13,15H,6,14H2,1-5H3,(H,23,26). The highest BCUT2D eigenvalue weighted by molar-refractivity contribution is 6.02. The molecule has 0 aromatic heterocycles. The Morgan fingerprint density at radius 3 is 2.38 bits per heavy atom. The molecule has 0 aliphatic rings. The summed E-state index contributed by atoms with van der Waals surface area (Å²) in [5, 5.41) is 3.00. The molecule has 1 N–H and O–H groups in total. The number of amides is 2. The average Bonchev–Trinajstić information content (AvgIpc) is 2.61. The van der Waals surface area contributed by atoms with Crippen LogP contribution in [0, 0.1) is 6.92 Å². The van der Waals surface area contributed by atoms with Crippen molar-refractivity contribution in [3.8, 4) is 0 Å². The lowest BCUT2D eigenvalue weighted by atomic mass is 10.0. The maximum Gasteiger partial charge on any atom is 0.244 e. The predicted octanol–water partition coefficient (Wildman–Crippen LogP) is 4.67. The van der Waals surface area contributed by atoms with Crippen molar-refractivity contribution in [2.75, 3.05) is 16.8 Å². The molecule has 26 heavy (non-hydrogen) atoms. The van der Waals surface area contributed by atoms with Crippen molar-refractivity contribution in [3.63, 3.8) is 0 Å². The minimum atomic E-state index is -0.192. The third-order valence-electron chi connectivity index (χ3n) is 4.54. The summed E-state index contributed by atoms with van der Waals surface area (Å²) < 4.78 is 0. The van der Waals surface area contributed by atoms with Crippen LogP contribution < -0.4 is 10.2 Å². The van der Waals surface area contributed by atoms with Gasteiger partial charge in [0.15, 0.2) is 0 Å². The number of rotatable bonds is 6. The van der Waals surface area contributed by atoms with Gasteiger partial charge in [0, 0.05) is 18.3 Å². The molecule has 138 valence electrons. The van der Waals surface area contributed by atoms with Gasteiger partial charge in [-0.05, 0) is 42.0 Å². The van der Waals surface area contributed by atoms with Crippen LogP contribution in [0.1, 0.15) is 50.3 Å². The van der Waals surface area contributed by atoms with Gasteiger partial charge in [-0.25, -0.2) is 0 Å². The summed E-state index contributed by atoms with van der Waals surface area (Å²) in [7, 11) is 0.